The van der Waals surface area contributed by atoms with Crippen molar-refractivity contribution in [1.29, 1.82) is 5.26 Å². The summed E-state index contributed by atoms with van der Waals surface area (Å²) in [7, 11) is 1.64. The summed E-state index contributed by atoms with van der Waals surface area (Å²) in [6.07, 6.45) is 1.69. The van der Waals surface area contributed by atoms with E-state index >= 15 is 0 Å². The Morgan fingerprint density at radius 1 is 1.18 bits per heavy atom. The van der Waals surface area contributed by atoms with E-state index in [1.807, 2.05) is 43.3 Å². The Bertz CT molecular complexity index is 663. The Kier molecular flexibility index (Phi) is 2.80. The summed E-state index contributed by atoms with van der Waals surface area (Å²) < 4.78 is 1.42. The molecule has 0 aliphatic heterocycles. The van der Waals surface area contributed by atoms with Gasteiger partial charge in [-0.3, -0.25) is 4.79 Å². The van der Waals surface area contributed by atoms with Crippen LogP contribution < -0.4 is 5.56 Å². The summed E-state index contributed by atoms with van der Waals surface area (Å²) in [6.45, 7) is 1.97. The lowest BCUT2D eigenvalue weighted by molar-refractivity contribution is 0.856. The Morgan fingerprint density at radius 3 is 2.53 bits per heavy atom. The van der Waals surface area contributed by atoms with Gasteiger partial charge < -0.3 is 4.57 Å². The Hall–Kier alpha value is -2.34. The maximum absolute atomic E-state index is 11.8. The molecule has 84 valence electrons. The van der Waals surface area contributed by atoms with Crippen molar-refractivity contribution in [2.75, 3.05) is 0 Å². The monoisotopic (exact) mass is 224 g/mol. The second-order valence-electron chi connectivity index (χ2n) is 3.95. The molecular formula is C14H12N2O. The van der Waals surface area contributed by atoms with Crippen molar-refractivity contribution >= 4 is 0 Å². The number of hydrogen-bond acceptors (Lipinski definition) is 2. The van der Waals surface area contributed by atoms with Crippen LogP contribution in [0.1, 0.15) is 11.1 Å². The van der Waals surface area contributed by atoms with E-state index in [4.69, 9.17) is 5.26 Å². The van der Waals surface area contributed by atoms with Gasteiger partial charge in [0.15, 0.2) is 0 Å². The highest BCUT2D eigenvalue weighted by Crippen LogP contribution is 2.24. The van der Waals surface area contributed by atoms with Crippen molar-refractivity contribution in [2.45, 2.75) is 6.92 Å². The first kappa shape index (κ1) is 11.2. The van der Waals surface area contributed by atoms with Crippen molar-refractivity contribution < 1.29 is 0 Å². The second kappa shape index (κ2) is 4.26. The maximum atomic E-state index is 11.8. The molecule has 2 rings (SSSR count). The maximum Gasteiger partial charge on any atom is 0.268 e. The first-order valence-electron chi connectivity index (χ1n) is 5.31. The third-order valence-electron chi connectivity index (χ3n) is 2.82. The normalized spacial score (nSPS) is 9.94. The van der Waals surface area contributed by atoms with Gasteiger partial charge >= 0.3 is 0 Å². The summed E-state index contributed by atoms with van der Waals surface area (Å²) in [5.74, 6) is 0. The number of benzene rings is 1. The van der Waals surface area contributed by atoms with Gasteiger partial charge in [0.1, 0.15) is 11.6 Å². The van der Waals surface area contributed by atoms with Gasteiger partial charge in [-0.05, 0) is 24.1 Å². The van der Waals surface area contributed by atoms with Gasteiger partial charge in [-0.2, -0.15) is 5.26 Å². The molecule has 0 unspecified atom stereocenters. The summed E-state index contributed by atoms with van der Waals surface area (Å²) in [5.41, 5.74) is 2.63. The van der Waals surface area contributed by atoms with Crippen molar-refractivity contribution in [3.05, 3.63) is 58.0 Å². The second-order valence-corrected chi connectivity index (χ2v) is 3.95. The fraction of sp³-hybridized carbons (Fsp3) is 0.143. The molecule has 2 aromatic rings. The van der Waals surface area contributed by atoms with E-state index in [1.54, 1.807) is 13.2 Å². The van der Waals surface area contributed by atoms with Gasteiger partial charge in [-0.25, -0.2) is 0 Å². The number of aromatic nitrogens is 1. The Morgan fingerprint density at radius 2 is 1.88 bits per heavy atom. The van der Waals surface area contributed by atoms with Crippen LogP contribution in [0.3, 0.4) is 0 Å². The summed E-state index contributed by atoms with van der Waals surface area (Å²) in [5, 5.41) is 9.11. The smallest absolute Gasteiger partial charge is 0.268 e. The van der Waals surface area contributed by atoms with Gasteiger partial charge in [-0.15, -0.1) is 0 Å². The van der Waals surface area contributed by atoms with E-state index in [2.05, 4.69) is 0 Å². The Labute approximate surface area is 99.6 Å². The fourth-order valence-electron chi connectivity index (χ4n) is 1.84. The number of aryl methyl sites for hydroxylation is 2. The zero-order valence-corrected chi connectivity index (χ0v) is 9.77. The minimum Gasteiger partial charge on any atom is -0.317 e. The third-order valence-corrected chi connectivity index (χ3v) is 2.82. The lowest BCUT2D eigenvalue weighted by Crippen LogP contribution is -2.19. The molecule has 0 spiro atoms. The molecule has 0 N–H and O–H groups in total. The molecule has 0 atom stereocenters. The first-order valence-corrected chi connectivity index (χ1v) is 5.31. The van der Waals surface area contributed by atoms with Crippen LogP contribution in [-0.2, 0) is 7.05 Å². The lowest BCUT2D eigenvalue weighted by Gasteiger charge is -2.08. The predicted octanol–water partition coefficient (Wildman–Crippen LogP) is 2.23. The summed E-state index contributed by atoms with van der Waals surface area (Å²) in [4.78, 5) is 11.8. The Balaban J connectivity index is 2.79. The predicted molar refractivity (Wildman–Crippen MR) is 66.6 cm³/mol. The molecule has 0 aliphatic carbocycles. The minimum absolute atomic E-state index is 0.198. The van der Waals surface area contributed by atoms with Crippen LogP contribution in [0.25, 0.3) is 11.1 Å². The van der Waals surface area contributed by atoms with Crippen LogP contribution >= 0.6 is 0 Å². The van der Waals surface area contributed by atoms with E-state index in [9.17, 15) is 4.79 Å². The SMILES string of the molecule is Cc1ccccc1-c1ccn(C)c(=O)c1C#N. The highest BCUT2D eigenvalue weighted by atomic mass is 16.1. The average Bonchev–Trinajstić information content (AvgIpc) is 2.33. The zero-order chi connectivity index (χ0) is 12.4. The van der Waals surface area contributed by atoms with Crippen molar-refractivity contribution in [1.82, 2.24) is 4.57 Å². The molecule has 0 fully saturated rings. The lowest BCUT2D eigenvalue weighted by atomic mass is 9.98. The van der Waals surface area contributed by atoms with Crippen molar-refractivity contribution in [3.63, 3.8) is 0 Å². The standard InChI is InChI=1S/C14H12N2O/c1-10-5-3-4-6-11(10)12-7-8-16(2)14(17)13(12)9-15/h3-8H,1-2H3. The van der Waals surface area contributed by atoms with Crippen LogP contribution in [0.5, 0.6) is 0 Å². The summed E-state index contributed by atoms with van der Waals surface area (Å²) in [6, 6.07) is 11.5. The van der Waals surface area contributed by atoms with E-state index in [-0.39, 0.29) is 11.1 Å². The molecule has 1 heterocycles. The van der Waals surface area contributed by atoms with E-state index in [1.165, 1.54) is 4.57 Å². The summed E-state index contributed by atoms with van der Waals surface area (Å²) >= 11 is 0. The largest absolute Gasteiger partial charge is 0.317 e. The van der Waals surface area contributed by atoms with E-state index in [0.717, 1.165) is 11.1 Å². The molecule has 0 radical (unpaired) electrons. The molecule has 0 aliphatic rings. The van der Waals surface area contributed by atoms with Gasteiger partial charge in [0.2, 0.25) is 0 Å². The minimum atomic E-state index is -0.256. The molecule has 3 nitrogen and oxygen atoms in total. The van der Waals surface area contributed by atoms with Gasteiger partial charge in [0.05, 0.1) is 0 Å². The van der Waals surface area contributed by atoms with Crippen LogP contribution in [0.2, 0.25) is 0 Å². The molecule has 1 aromatic heterocycles. The molecule has 3 heteroatoms. The molecule has 0 bridgehead atoms. The molecule has 1 aromatic carbocycles. The molecule has 0 saturated carbocycles. The van der Waals surface area contributed by atoms with E-state index in [0.29, 0.717) is 5.56 Å². The first-order chi connectivity index (χ1) is 8.15. The van der Waals surface area contributed by atoms with Crippen molar-refractivity contribution in [3.8, 4) is 17.2 Å². The quantitative estimate of drug-likeness (QED) is 0.745. The molecule has 0 saturated heterocycles. The van der Waals surface area contributed by atoms with Crippen LogP contribution in [0.15, 0.2) is 41.3 Å². The van der Waals surface area contributed by atoms with Gasteiger partial charge in [0.25, 0.3) is 5.56 Å². The highest BCUT2D eigenvalue weighted by molar-refractivity contribution is 5.72. The number of nitrogens with zero attached hydrogens (tertiary/aromatic N) is 2. The van der Waals surface area contributed by atoms with E-state index < -0.39 is 0 Å². The van der Waals surface area contributed by atoms with Gasteiger partial charge in [-0.1, -0.05) is 24.3 Å². The van der Waals surface area contributed by atoms with Crippen molar-refractivity contribution in [2.24, 2.45) is 7.05 Å². The highest BCUT2D eigenvalue weighted by Gasteiger charge is 2.11. The molecule has 17 heavy (non-hydrogen) atoms. The molecular weight excluding hydrogens is 212 g/mol. The topological polar surface area (TPSA) is 45.8 Å². The average molecular weight is 224 g/mol. The third kappa shape index (κ3) is 1.85. The van der Waals surface area contributed by atoms with Crippen LogP contribution in [0.4, 0.5) is 0 Å². The zero-order valence-electron chi connectivity index (χ0n) is 9.77. The van der Waals surface area contributed by atoms with Gasteiger partial charge in [0, 0.05) is 18.8 Å². The fourth-order valence-corrected chi connectivity index (χ4v) is 1.84. The number of pyridine rings is 1. The number of nitriles is 1. The number of hydrogen-bond donors (Lipinski definition) is 0. The number of rotatable bonds is 1. The van der Waals surface area contributed by atoms with Crippen LogP contribution in [0, 0.1) is 18.3 Å². The molecule has 0 amide bonds. The van der Waals surface area contributed by atoms with Crippen LogP contribution in [-0.4, -0.2) is 4.57 Å².